The molecule has 0 bridgehead atoms. The van der Waals surface area contributed by atoms with Crippen molar-refractivity contribution in [1.29, 1.82) is 5.26 Å². The van der Waals surface area contributed by atoms with Gasteiger partial charge in [0.15, 0.2) is 0 Å². The van der Waals surface area contributed by atoms with E-state index in [0.717, 1.165) is 30.4 Å². The van der Waals surface area contributed by atoms with Gasteiger partial charge in [0.2, 0.25) is 5.91 Å². The van der Waals surface area contributed by atoms with Gasteiger partial charge in [0.25, 0.3) is 0 Å². The predicted molar refractivity (Wildman–Crippen MR) is 107 cm³/mol. The number of nitrogens with zero attached hydrogens (tertiary/aromatic N) is 2. The van der Waals surface area contributed by atoms with E-state index in [-0.39, 0.29) is 12.5 Å². The Morgan fingerprint density at radius 2 is 2.23 bits per heavy atom. The molecule has 1 heterocycles. The van der Waals surface area contributed by atoms with E-state index in [4.69, 9.17) is 11.6 Å². The van der Waals surface area contributed by atoms with Crippen molar-refractivity contribution in [2.75, 3.05) is 18.9 Å². The van der Waals surface area contributed by atoms with Crippen molar-refractivity contribution >= 4 is 33.8 Å². The molecule has 0 saturated carbocycles. The normalized spacial score (nSPS) is 16.2. The number of rotatable bonds is 5. The molecule has 0 fully saturated rings. The van der Waals surface area contributed by atoms with Crippen LogP contribution in [0.4, 0.5) is 5.00 Å². The molecular formula is C20H22ClN3OS. The number of likely N-dealkylation sites (N-methyl/N-ethyl adjacent to an activating group) is 1. The molecule has 6 heteroatoms. The van der Waals surface area contributed by atoms with Crippen LogP contribution in [0, 0.1) is 17.2 Å². The second-order valence-corrected chi connectivity index (χ2v) is 8.49. The first kappa shape index (κ1) is 18.9. The average molecular weight is 388 g/mol. The van der Waals surface area contributed by atoms with E-state index >= 15 is 0 Å². The Kier molecular flexibility index (Phi) is 5.98. The largest absolute Gasteiger partial charge is 0.315 e. The molecule has 26 heavy (non-hydrogen) atoms. The summed E-state index contributed by atoms with van der Waals surface area (Å²) in [5.41, 5.74) is 2.78. The summed E-state index contributed by atoms with van der Waals surface area (Å²) in [6, 6.07) is 9.92. The average Bonchev–Trinajstić information content (AvgIpc) is 2.92. The van der Waals surface area contributed by atoms with Crippen molar-refractivity contribution in [3.63, 3.8) is 0 Å². The molecule has 0 aliphatic heterocycles. The fourth-order valence-electron chi connectivity index (χ4n) is 3.34. The number of halogens is 1. The van der Waals surface area contributed by atoms with E-state index < -0.39 is 0 Å². The van der Waals surface area contributed by atoms with Crippen molar-refractivity contribution in [3.05, 3.63) is 50.9 Å². The van der Waals surface area contributed by atoms with Crippen molar-refractivity contribution in [1.82, 2.24) is 4.90 Å². The summed E-state index contributed by atoms with van der Waals surface area (Å²) >= 11 is 7.74. The smallest absolute Gasteiger partial charge is 0.239 e. The Bertz CT molecular complexity index is 855. The fraction of sp³-hybridized carbons (Fsp3) is 0.400. The van der Waals surface area contributed by atoms with Crippen LogP contribution in [-0.2, 0) is 24.2 Å². The Hall–Kier alpha value is -1.87. The van der Waals surface area contributed by atoms with Crippen molar-refractivity contribution in [2.45, 2.75) is 32.7 Å². The molecule has 0 radical (unpaired) electrons. The van der Waals surface area contributed by atoms with Crippen LogP contribution in [0.25, 0.3) is 0 Å². The van der Waals surface area contributed by atoms with E-state index in [2.05, 4.69) is 18.3 Å². The third-order valence-electron chi connectivity index (χ3n) is 4.69. The van der Waals surface area contributed by atoms with Gasteiger partial charge in [0.05, 0.1) is 12.1 Å². The summed E-state index contributed by atoms with van der Waals surface area (Å²) in [4.78, 5) is 15.6. The Labute approximate surface area is 163 Å². The number of thiophene rings is 1. The molecule has 2 aromatic rings. The van der Waals surface area contributed by atoms with Gasteiger partial charge in [-0.2, -0.15) is 5.26 Å². The lowest BCUT2D eigenvalue weighted by atomic mass is 9.89. The molecule has 1 N–H and O–H groups in total. The summed E-state index contributed by atoms with van der Waals surface area (Å²) < 4.78 is 0. The van der Waals surface area contributed by atoms with Crippen LogP contribution in [0.2, 0.25) is 5.02 Å². The SMILES string of the molecule is C[C@@H]1CCc2c(sc(NC(=O)CN(C)Cc3ccccc3Cl)c2C#N)C1. The Morgan fingerprint density at radius 1 is 1.46 bits per heavy atom. The van der Waals surface area contributed by atoms with Gasteiger partial charge in [0, 0.05) is 16.4 Å². The van der Waals surface area contributed by atoms with Gasteiger partial charge in [0.1, 0.15) is 11.1 Å². The second kappa shape index (κ2) is 8.22. The number of carbonyl (C=O) groups is 1. The molecule has 0 spiro atoms. The second-order valence-electron chi connectivity index (χ2n) is 6.98. The minimum atomic E-state index is -0.109. The molecule has 4 nitrogen and oxygen atoms in total. The number of anilines is 1. The van der Waals surface area contributed by atoms with Crippen LogP contribution in [0.1, 0.15) is 34.9 Å². The number of nitriles is 1. The highest BCUT2D eigenvalue weighted by molar-refractivity contribution is 7.16. The number of fused-ring (bicyclic) bond motifs is 1. The zero-order valence-corrected chi connectivity index (χ0v) is 16.6. The van der Waals surface area contributed by atoms with Gasteiger partial charge in [-0.3, -0.25) is 9.69 Å². The third kappa shape index (κ3) is 4.27. The van der Waals surface area contributed by atoms with Crippen LogP contribution < -0.4 is 5.32 Å². The molecule has 0 saturated heterocycles. The zero-order valence-electron chi connectivity index (χ0n) is 15.0. The minimum Gasteiger partial charge on any atom is -0.315 e. The predicted octanol–water partition coefficient (Wildman–Crippen LogP) is 4.47. The standard InChI is InChI=1S/C20H22ClN3OS/c1-13-7-8-15-16(10-22)20(26-18(15)9-13)23-19(25)12-24(2)11-14-5-3-4-6-17(14)21/h3-6,13H,7-9,11-12H2,1-2H3,(H,23,25)/t13-/m1/s1. The number of carbonyl (C=O) groups excluding carboxylic acids is 1. The number of nitrogens with one attached hydrogen (secondary N) is 1. The molecule has 0 unspecified atom stereocenters. The molecule has 3 rings (SSSR count). The Balaban J connectivity index is 1.65. The third-order valence-corrected chi connectivity index (χ3v) is 6.23. The van der Waals surface area contributed by atoms with Gasteiger partial charge in [-0.15, -0.1) is 11.3 Å². The van der Waals surface area contributed by atoms with Crippen LogP contribution in [0.15, 0.2) is 24.3 Å². The molecular weight excluding hydrogens is 366 g/mol. The van der Waals surface area contributed by atoms with Gasteiger partial charge >= 0.3 is 0 Å². The Morgan fingerprint density at radius 3 is 2.96 bits per heavy atom. The maximum absolute atomic E-state index is 12.5. The molecule has 1 aromatic carbocycles. The van der Waals surface area contributed by atoms with Crippen molar-refractivity contribution < 1.29 is 4.79 Å². The van der Waals surface area contributed by atoms with E-state index in [1.54, 1.807) is 11.3 Å². The lowest BCUT2D eigenvalue weighted by Crippen LogP contribution is -2.29. The molecule has 1 amide bonds. The summed E-state index contributed by atoms with van der Waals surface area (Å²) in [5.74, 6) is 0.528. The summed E-state index contributed by atoms with van der Waals surface area (Å²) in [6.07, 6.45) is 3.03. The van der Waals surface area contributed by atoms with Crippen LogP contribution >= 0.6 is 22.9 Å². The topological polar surface area (TPSA) is 56.1 Å². The number of benzene rings is 1. The first-order chi connectivity index (χ1) is 12.5. The monoisotopic (exact) mass is 387 g/mol. The number of amides is 1. The van der Waals surface area contributed by atoms with E-state index in [1.165, 1.54) is 4.88 Å². The minimum absolute atomic E-state index is 0.109. The highest BCUT2D eigenvalue weighted by Crippen LogP contribution is 2.39. The van der Waals surface area contributed by atoms with Gasteiger partial charge in [-0.05, 0) is 49.4 Å². The van der Waals surface area contributed by atoms with Gasteiger partial charge in [-0.25, -0.2) is 0 Å². The van der Waals surface area contributed by atoms with Crippen LogP contribution in [0.3, 0.4) is 0 Å². The van der Waals surface area contributed by atoms with Crippen LogP contribution in [-0.4, -0.2) is 24.4 Å². The lowest BCUT2D eigenvalue weighted by molar-refractivity contribution is -0.117. The quantitative estimate of drug-likeness (QED) is 0.823. The highest BCUT2D eigenvalue weighted by atomic mass is 35.5. The first-order valence-electron chi connectivity index (χ1n) is 8.74. The number of hydrogen-bond acceptors (Lipinski definition) is 4. The zero-order chi connectivity index (χ0) is 18.7. The van der Waals surface area contributed by atoms with Gasteiger partial charge < -0.3 is 5.32 Å². The molecule has 1 aliphatic rings. The highest BCUT2D eigenvalue weighted by Gasteiger charge is 2.24. The fourth-order valence-corrected chi connectivity index (χ4v) is 4.91. The van der Waals surface area contributed by atoms with Crippen molar-refractivity contribution in [2.24, 2.45) is 5.92 Å². The van der Waals surface area contributed by atoms with Crippen LogP contribution in [0.5, 0.6) is 0 Å². The molecule has 136 valence electrons. The van der Waals surface area contributed by atoms with E-state index in [0.29, 0.717) is 28.0 Å². The maximum Gasteiger partial charge on any atom is 0.239 e. The molecule has 1 atom stereocenters. The van der Waals surface area contributed by atoms with E-state index in [1.807, 2.05) is 36.2 Å². The molecule has 1 aliphatic carbocycles. The number of hydrogen-bond donors (Lipinski definition) is 1. The lowest BCUT2D eigenvalue weighted by Gasteiger charge is -2.17. The summed E-state index contributed by atoms with van der Waals surface area (Å²) in [6.45, 7) is 3.07. The summed E-state index contributed by atoms with van der Waals surface area (Å²) in [5, 5.41) is 13.9. The molecule has 1 aromatic heterocycles. The summed E-state index contributed by atoms with van der Waals surface area (Å²) in [7, 11) is 1.88. The maximum atomic E-state index is 12.5. The van der Waals surface area contributed by atoms with E-state index in [9.17, 15) is 10.1 Å². The first-order valence-corrected chi connectivity index (χ1v) is 9.93. The van der Waals surface area contributed by atoms with Gasteiger partial charge in [-0.1, -0.05) is 36.7 Å². The van der Waals surface area contributed by atoms with Crippen molar-refractivity contribution in [3.8, 4) is 6.07 Å².